The van der Waals surface area contributed by atoms with E-state index in [1.54, 1.807) is 0 Å². The molecular weight excluding hydrogens is 232 g/mol. The summed E-state index contributed by atoms with van der Waals surface area (Å²) in [5, 5.41) is 19.6. The first-order chi connectivity index (χ1) is 7.91. The third kappa shape index (κ3) is 3.19. The molecule has 1 atom stereocenters. The maximum atomic E-state index is 11.1. The molecule has 92 valence electrons. The minimum absolute atomic E-state index is 0.164. The maximum absolute atomic E-state index is 11.1. The highest BCUT2D eigenvalue weighted by Gasteiger charge is 2.22. The van der Waals surface area contributed by atoms with Crippen molar-refractivity contribution in [3.05, 3.63) is 16.7 Å². The lowest BCUT2D eigenvalue weighted by atomic mass is 10.2. The number of aromatic nitrogens is 2. The Hall–Kier alpha value is -2.58. The van der Waals surface area contributed by atoms with Crippen LogP contribution in [0.2, 0.25) is 0 Å². The number of rotatable bonds is 5. The Balaban J connectivity index is 2.94. The quantitative estimate of drug-likeness (QED) is 0.425. The predicted molar refractivity (Wildman–Crippen MR) is 56.6 cm³/mol. The van der Waals surface area contributed by atoms with Crippen molar-refractivity contribution in [2.45, 2.75) is 12.5 Å². The van der Waals surface area contributed by atoms with Gasteiger partial charge in [0.25, 0.3) is 5.56 Å². The molecule has 1 rings (SSSR count). The van der Waals surface area contributed by atoms with E-state index in [1.807, 2.05) is 0 Å². The van der Waals surface area contributed by atoms with Crippen LogP contribution in [0.5, 0.6) is 0 Å². The number of H-pyrrole nitrogens is 1. The summed E-state index contributed by atoms with van der Waals surface area (Å²) in [4.78, 5) is 38.1. The fourth-order valence-electron chi connectivity index (χ4n) is 1.07. The molecule has 17 heavy (non-hydrogen) atoms. The average Bonchev–Trinajstić information content (AvgIpc) is 2.22. The molecule has 0 amide bonds. The summed E-state index contributed by atoms with van der Waals surface area (Å²) in [5.41, 5.74) is 4.41. The van der Waals surface area contributed by atoms with Crippen molar-refractivity contribution in [2.24, 2.45) is 0 Å². The van der Waals surface area contributed by atoms with E-state index in [2.05, 4.69) is 15.3 Å². The molecule has 0 saturated heterocycles. The molecule has 0 aliphatic carbocycles. The van der Waals surface area contributed by atoms with Crippen LogP contribution in [0.3, 0.4) is 0 Å². The topological polar surface area (TPSA) is 158 Å². The molecule has 0 radical (unpaired) electrons. The minimum Gasteiger partial charge on any atom is -0.481 e. The van der Waals surface area contributed by atoms with Crippen molar-refractivity contribution in [1.29, 1.82) is 0 Å². The molecular formula is C8H10N4O5. The Morgan fingerprint density at radius 1 is 1.53 bits per heavy atom. The number of nitrogens with one attached hydrogen (secondary N) is 2. The molecule has 1 unspecified atom stereocenters. The first-order valence-electron chi connectivity index (χ1n) is 4.46. The van der Waals surface area contributed by atoms with Gasteiger partial charge < -0.3 is 26.2 Å². The number of nitrogens with zero attached hydrogens (tertiary/aromatic N) is 1. The summed E-state index contributed by atoms with van der Waals surface area (Å²) < 4.78 is 0. The summed E-state index contributed by atoms with van der Waals surface area (Å²) in [6, 6.07) is -1.41. The number of hydrogen-bond donors (Lipinski definition) is 5. The van der Waals surface area contributed by atoms with E-state index in [4.69, 9.17) is 15.9 Å². The van der Waals surface area contributed by atoms with E-state index in [0.29, 0.717) is 0 Å². The van der Waals surface area contributed by atoms with Crippen LogP contribution < -0.4 is 16.6 Å². The van der Waals surface area contributed by atoms with Crippen molar-refractivity contribution in [2.75, 3.05) is 11.1 Å². The van der Waals surface area contributed by atoms with Gasteiger partial charge in [-0.05, 0) is 0 Å². The fraction of sp³-hybridized carbons (Fsp3) is 0.250. The van der Waals surface area contributed by atoms with E-state index in [1.165, 1.54) is 0 Å². The number of aliphatic carboxylic acids is 2. The van der Waals surface area contributed by atoms with E-state index in [-0.39, 0.29) is 11.5 Å². The second-order valence-electron chi connectivity index (χ2n) is 3.13. The second-order valence-corrected chi connectivity index (χ2v) is 3.13. The van der Waals surface area contributed by atoms with Crippen LogP contribution in [-0.4, -0.2) is 38.2 Å². The van der Waals surface area contributed by atoms with Crippen LogP contribution in [0, 0.1) is 0 Å². The van der Waals surface area contributed by atoms with Crippen LogP contribution >= 0.6 is 0 Å². The molecule has 9 nitrogen and oxygen atoms in total. The third-order valence-electron chi connectivity index (χ3n) is 1.88. The van der Waals surface area contributed by atoms with Gasteiger partial charge in [-0.15, -0.1) is 0 Å². The van der Waals surface area contributed by atoms with Crippen molar-refractivity contribution in [3.8, 4) is 0 Å². The Morgan fingerprint density at radius 3 is 2.71 bits per heavy atom. The second kappa shape index (κ2) is 4.96. The van der Waals surface area contributed by atoms with Gasteiger partial charge in [0.2, 0.25) is 0 Å². The largest absolute Gasteiger partial charge is 0.481 e. The summed E-state index contributed by atoms with van der Waals surface area (Å²) in [7, 11) is 0. The monoisotopic (exact) mass is 242 g/mol. The third-order valence-corrected chi connectivity index (χ3v) is 1.88. The molecule has 0 aliphatic heterocycles. The molecule has 0 bridgehead atoms. The number of nitrogens with two attached hydrogens (primary N) is 1. The Kier molecular flexibility index (Phi) is 3.65. The van der Waals surface area contributed by atoms with Crippen LogP contribution in [0.25, 0.3) is 0 Å². The number of anilines is 2. The van der Waals surface area contributed by atoms with Crippen molar-refractivity contribution >= 4 is 23.4 Å². The lowest BCUT2D eigenvalue weighted by Gasteiger charge is -2.13. The van der Waals surface area contributed by atoms with Crippen LogP contribution in [0.1, 0.15) is 6.42 Å². The Morgan fingerprint density at radius 2 is 2.18 bits per heavy atom. The smallest absolute Gasteiger partial charge is 0.326 e. The Bertz CT molecular complexity index is 497. The molecule has 0 spiro atoms. The first kappa shape index (κ1) is 12.5. The van der Waals surface area contributed by atoms with Gasteiger partial charge in [0.15, 0.2) is 5.82 Å². The van der Waals surface area contributed by atoms with Crippen molar-refractivity contribution in [3.63, 3.8) is 0 Å². The zero-order valence-corrected chi connectivity index (χ0v) is 8.51. The number of nitrogen functional groups attached to an aromatic ring is 1. The maximum Gasteiger partial charge on any atom is 0.326 e. The predicted octanol–water partition coefficient (Wildman–Crippen LogP) is -1.31. The van der Waals surface area contributed by atoms with E-state index in [0.717, 1.165) is 6.33 Å². The lowest BCUT2D eigenvalue weighted by Crippen LogP contribution is -2.33. The standard InChI is InChI=1S/C8H10N4O5/c9-5-6(10-2-11-7(5)15)12-3(8(16)17)1-4(13)14/h2-3H,1,9H2,(H,13,14)(H,16,17)(H2,10,11,12,15). The fourth-order valence-corrected chi connectivity index (χ4v) is 1.07. The molecule has 0 aliphatic rings. The van der Waals surface area contributed by atoms with E-state index >= 15 is 0 Å². The van der Waals surface area contributed by atoms with E-state index in [9.17, 15) is 14.4 Å². The van der Waals surface area contributed by atoms with Gasteiger partial charge in [-0.2, -0.15) is 0 Å². The molecule has 0 fully saturated rings. The molecule has 9 heteroatoms. The number of hydrogen-bond acceptors (Lipinski definition) is 6. The number of carboxylic acids is 2. The number of aromatic amines is 1. The summed E-state index contributed by atoms with van der Waals surface area (Å²) in [6.07, 6.45) is 0.365. The first-order valence-corrected chi connectivity index (χ1v) is 4.46. The zero-order chi connectivity index (χ0) is 13.0. The average molecular weight is 242 g/mol. The van der Waals surface area contributed by atoms with Crippen LogP contribution in [0.15, 0.2) is 11.1 Å². The Labute approximate surface area is 94.3 Å². The normalized spacial score (nSPS) is 11.8. The highest BCUT2D eigenvalue weighted by atomic mass is 16.4. The van der Waals surface area contributed by atoms with Crippen LogP contribution in [-0.2, 0) is 9.59 Å². The van der Waals surface area contributed by atoms with Gasteiger partial charge >= 0.3 is 11.9 Å². The minimum atomic E-state index is -1.41. The van der Waals surface area contributed by atoms with Gasteiger partial charge in [0.05, 0.1) is 12.7 Å². The summed E-state index contributed by atoms with van der Waals surface area (Å²) in [5.74, 6) is -2.84. The highest BCUT2D eigenvalue weighted by molar-refractivity contribution is 5.84. The molecule has 1 aromatic rings. The molecule has 1 aromatic heterocycles. The molecule has 6 N–H and O–H groups in total. The number of carbonyl (C=O) groups is 2. The SMILES string of the molecule is Nc1c(NC(CC(=O)O)C(=O)O)nc[nH]c1=O. The summed E-state index contributed by atoms with van der Waals surface area (Å²) in [6.45, 7) is 0. The number of carboxylic acid groups (broad SMARTS) is 2. The van der Waals surface area contributed by atoms with Gasteiger partial charge in [0, 0.05) is 0 Å². The zero-order valence-electron chi connectivity index (χ0n) is 8.51. The van der Waals surface area contributed by atoms with Gasteiger partial charge in [0.1, 0.15) is 11.7 Å². The van der Waals surface area contributed by atoms with Crippen molar-refractivity contribution in [1.82, 2.24) is 9.97 Å². The molecule has 0 aromatic carbocycles. The van der Waals surface area contributed by atoms with E-state index < -0.39 is 30.0 Å². The summed E-state index contributed by atoms with van der Waals surface area (Å²) >= 11 is 0. The molecule has 0 saturated carbocycles. The van der Waals surface area contributed by atoms with Crippen LogP contribution in [0.4, 0.5) is 11.5 Å². The van der Waals surface area contributed by atoms with Gasteiger partial charge in [-0.3, -0.25) is 9.59 Å². The van der Waals surface area contributed by atoms with Gasteiger partial charge in [-0.25, -0.2) is 9.78 Å². The van der Waals surface area contributed by atoms with Gasteiger partial charge in [-0.1, -0.05) is 0 Å². The lowest BCUT2D eigenvalue weighted by molar-refractivity contribution is -0.144. The molecule has 1 heterocycles. The van der Waals surface area contributed by atoms with Crippen molar-refractivity contribution < 1.29 is 19.8 Å². The highest BCUT2D eigenvalue weighted by Crippen LogP contribution is 2.10.